The molecule has 6 aromatic heterocycles. The lowest BCUT2D eigenvalue weighted by Crippen LogP contribution is -2.25. The van der Waals surface area contributed by atoms with Gasteiger partial charge in [0.15, 0.2) is 22.8 Å². The lowest BCUT2D eigenvalue weighted by Gasteiger charge is -2.17. The molecule has 0 saturated heterocycles. The van der Waals surface area contributed by atoms with Gasteiger partial charge in [-0.25, -0.2) is 39.0 Å². The quantitative estimate of drug-likeness (QED) is 0.0874. The number of aromatic nitrogens is 12. The van der Waals surface area contributed by atoms with E-state index in [2.05, 4.69) is 80.9 Å². The first-order valence-electron chi connectivity index (χ1n) is 20.6. The van der Waals surface area contributed by atoms with Gasteiger partial charge in [-0.1, -0.05) is 24.3 Å². The summed E-state index contributed by atoms with van der Waals surface area (Å²) in [6, 6.07) is 23.0. The van der Waals surface area contributed by atoms with Crippen LogP contribution in [0.4, 0.5) is 23.3 Å². The van der Waals surface area contributed by atoms with E-state index in [-0.39, 0.29) is 91.4 Å². The number of hydrogen-bond donors (Lipinski definition) is 4. The Labute approximate surface area is 415 Å². The second-order valence-corrected chi connectivity index (χ2v) is 15.9. The Balaban J connectivity index is 1.06. The van der Waals surface area contributed by atoms with E-state index in [9.17, 15) is 40.2 Å². The number of anilines is 2. The van der Waals surface area contributed by atoms with E-state index in [0.717, 1.165) is 9.13 Å². The lowest BCUT2D eigenvalue weighted by atomic mass is 10.1. The molecule has 2 atom stereocenters. The first-order valence-corrected chi connectivity index (χ1v) is 21.7. The number of benzene rings is 3. The van der Waals surface area contributed by atoms with Crippen molar-refractivity contribution in [1.82, 2.24) is 59.0 Å². The first kappa shape index (κ1) is 46.5. The van der Waals surface area contributed by atoms with Crippen molar-refractivity contribution in [3.63, 3.8) is 0 Å². The fraction of sp³-hybridized carbons (Fsp3) is 0.0667. The first-order chi connectivity index (χ1) is 35.0. The number of hydrogen-bond acceptors (Lipinski definition) is 20. The second kappa shape index (κ2) is 19.9. The smallest absolute Gasteiger partial charge is 0.259 e. The van der Waals surface area contributed by atoms with Gasteiger partial charge in [-0.05, 0) is 83.6 Å². The van der Waals surface area contributed by atoms with Gasteiger partial charge in [-0.3, -0.25) is 19.2 Å². The van der Waals surface area contributed by atoms with E-state index in [1.54, 1.807) is 55.5 Å². The van der Waals surface area contributed by atoms with Crippen molar-refractivity contribution in [3.05, 3.63) is 162 Å². The monoisotopic (exact) mass is 1060 g/mol. The zero-order valence-electron chi connectivity index (χ0n) is 36.5. The van der Waals surface area contributed by atoms with Crippen LogP contribution in [0.15, 0.2) is 128 Å². The minimum absolute atomic E-state index is 0.0717. The highest BCUT2D eigenvalue weighted by Crippen LogP contribution is 2.31. The van der Waals surface area contributed by atoms with Gasteiger partial charge >= 0.3 is 0 Å². The van der Waals surface area contributed by atoms with Gasteiger partial charge in [0.2, 0.25) is 24.0 Å². The van der Waals surface area contributed by atoms with Gasteiger partial charge in [0, 0.05) is 34.0 Å². The van der Waals surface area contributed by atoms with E-state index in [4.69, 9.17) is 0 Å². The van der Waals surface area contributed by atoms with E-state index in [0.29, 0.717) is 9.13 Å². The molecule has 0 aliphatic heterocycles. The molecule has 6 heterocycles. The van der Waals surface area contributed by atoms with Crippen LogP contribution in [-0.2, 0) is 9.59 Å². The summed E-state index contributed by atoms with van der Waals surface area (Å²) in [4.78, 5) is 94.4. The number of aromatic amines is 2. The van der Waals surface area contributed by atoms with Crippen LogP contribution < -0.4 is 21.8 Å². The van der Waals surface area contributed by atoms with Crippen LogP contribution in [-0.4, -0.2) is 70.8 Å². The summed E-state index contributed by atoms with van der Waals surface area (Å²) in [6.07, 6.45) is 5.57. The molecule has 2 amide bonds. The Bertz CT molecular complexity index is 3770. The molecule has 3 aromatic carbocycles. The SMILES string of the molecule is Cc1cc(NC(=O)C(N=Nc2nc(C#N)c(C#N)n2-c2ncccn2)c2nc3ccccc3c(=O)[nH]2)c(I)cc1NC(=O)C(N=Nc1nc(C#N)c(C#N)n1-c1ncccn1)c1nc2ccccc2c(=O)[nH]1. The van der Waals surface area contributed by atoms with Gasteiger partial charge in [-0.2, -0.15) is 41.2 Å². The minimum Gasteiger partial charge on any atom is -0.323 e. The molecular weight excluding hydrogens is 1040 g/mol. The minimum atomic E-state index is -1.68. The number of imidazole rings is 2. The van der Waals surface area contributed by atoms with Crippen molar-refractivity contribution >= 4 is 79.5 Å². The molecule has 0 aliphatic rings. The Kier molecular flexibility index (Phi) is 12.8. The molecule has 2 unspecified atom stereocenters. The predicted molar refractivity (Wildman–Crippen MR) is 258 cm³/mol. The number of azo groups is 2. The molecule has 0 spiro atoms. The third-order valence-corrected chi connectivity index (χ3v) is 11.2. The molecule has 27 heteroatoms. The number of nitrogens with zero attached hydrogens (tertiary/aromatic N) is 18. The third-order valence-electron chi connectivity index (χ3n) is 10.3. The van der Waals surface area contributed by atoms with Crippen LogP contribution >= 0.6 is 22.6 Å². The number of nitriles is 4. The molecule has 26 nitrogen and oxygen atoms in total. The van der Waals surface area contributed by atoms with Crippen LogP contribution in [0, 0.1) is 55.8 Å². The largest absolute Gasteiger partial charge is 0.323 e. The van der Waals surface area contributed by atoms with Crippen LogP contribution in [0.3, 0.4) is 0 Å². The number of carbonyl (C=O) groups is 2. The van der Waals surface area contributed by atoms with Crippen molar-refractivity contribution in [2.24, 2.45) is 20.5 Å². The second-order valence-electron chi connectivity index (χ2n) is 14.7. The maximum Gasteiger partial charge on any atom is 0.259 e. The molecule has 9 aromatic rings. The number of nitrogens with one attached hydrogen (secondary N) is 4. The lowest BCUT2D eigenvalue weighted by molar-refractivity contribution is -0.118. The molecule has 0 bridgehead atoms. The number of carbonyl (C=O) groups excluding carboxylic acids is 2. The highest BCUT2D eigenvalue weighted by atomic mass is 127. The topological polar surface area (TPSA) is 382 Å². The summed E-state index contributed by atoms with van der Waals surface area (Å²) < 4.78 is 2.53. The van der Waals surface area contributed by atoms with Crippen molar-refractivity contribution in [2.75, 3.05) is 10.6 Å². The van der Waals surface area contributed by atoms with Crippen LogP contribution in [0.25, 0.3) is 33.7 Å². The summed E-state index contributed by atoms with van der Waals surface area (Å²) >= 11 is 1.92. The van der Waals surface area contributed by atoms with Crippen molar-refractivity contribution in [3.8, 4) is 36.2 Å². The molecule has 9 rings (SSSR count). The average molecular weight is 1060 g/mol. The average Bonchev–Trinajstić information content (AvgIpc) is 3.95. The number of aryl methyl sites for hydroxylation is 1. The van der Waals surface area contributed by atoms with E-state index >= 15 is 0 Å². The number of halogens is 1. The Morgan fingerprint density at radius 3 is 1.47 bits per heavy atom. The van der Waals surface area contributed by atoms with Crippen LogP contribution in [0.5, 0.6) is 0 Å². The van der Waals surface area contributed by atoms with Gasteiger partial charge in [0.25, 0.3) is 34.8 Å². The number of amides is 2. The molecule has 72 heavy (non-hydrogen) atoms. The fourth-order valence-corrected chi connectivity index (χ4v) is 7.57. The third kappa shape index (κ3) is 9.06. The van der Waals surface area contributed by atoms with Gasteiger partial charge in [-0.15, -0.1) is 10.2 Å². The van der Waals surface area contributed by atoms with Crippen molar-refractivity contribution < 1.29 is 9.59 Å². The molecule has 0 radical (unpaired) electrons. The van der Waals surface area contributed by atoms with Crippen molar-refractivity contribution in [2.45, 2.75) is 19.0 Å². The van der Waals surface area contributed by atoms with Crippen molar-refractivity contribution in [1.29, 1.82) is 21.0 Å². The molecule has 0 aliphatic carbocycles. The maximum atomic E-state index is 14.4. The highest BCUT2D eigenvalue weighted by Gasteiger charge is 2.29. The highest BCUT2D eigenvalue weighted by molar-refractivity contribution is 14.1. The van der Waals surface area contributed by atoms with Crippen LogP contribution in [0.1, 0.15) is 52.1 Å². The van der Waals surface area contributed by atoms with E-state index < -0.39 is 35.0 Å². The summed E-state index contributed by atoms with van der Waals surface area (Å²) in [5.41, 5.74) is -0.996. The molecule has 4 N–H and O–H groups in total. The zero-order chi connectivity index (χ0) is 50.5. The standard InChI is InChI=1S/C45H25IN22O4/c1-22-16-29(58-41(72)35(37-56-27-11-5-3-9-24(27)39(70)62-37)64-66-45-60-31(19-48)33(21-50)68(45)43-53-14-7-15-54-43)25(46)17-28(22)57-40(71)34(36-55-26-10-4-2-8-23(26)38(69)61-36)63-65-44-59-30(18-47)32(20-49)67(44)42-51-12-6-13-52-42/h2-17,34-35H,1H3,(H,57,71)(H,58,72)(H,55,61,69)(H,56,62,70). The normalized spacial score (nSPS) is 12.0. The number of rotatable bonds is 12. The Morgan fingerprint density at radius 2 is 1.04 bits per heavy atom. The van der Waals surface area contributed by atoms with Gasteiger partial charge < -0.3 is 20.6 Å². The Morgan fingerprint density at radius 1 is 0.611 bits per heavy atom. The zero-order valence-corrected chi connectivity index (χ0v) is 38.6. The number of H-pyrrole nitrogens is 2. The maximum absolute atomic E-state index is 14.4. The fourth-order valence-electron chi connectivity index (χ4n) is 6.97. The summed E-state index contributed by atoms with van der Waals surface area (Å²) in [7, 11) is 0. The molecule has 0 fully saturated rings. The Hall–Kier alpha value is -10.7. The van der Waals surface area contributed by atoms with Crippen LogP contribution in [0.2, 0.25) is 0 Å². The summed E-state index contributed by atoms with van der Waals surface area (Å²) in [5, 5.41) is 62.3. The molecular formula is C45H25IN22O4. The predicted octanol–water partition coefficient (Wildman–Crippen LogP) is 5.44. The molecule has 0 saturated carbocycles. The molecule has 346 valence electrons. The van der Waals surface area contributed by atoms with Gasteiger partial charge in [0.05, 0.1) is 27.5 Å². The summed E-state index contributed by atoms with van der Waals surface area (Å²) in [5.74, 6) is -2.97. The number of fused-ring (bicyclic) bond motifs is 2. The number of para-hydroxylation sites is 2. The van der Waals surface area contributed by atoms with E-state index in [1.165, 1.54) is 49.1 Å². The summed E-state index contributed by atoms with van der Waals surface area (Å²) in [6.45, 7) is 1.63. The van der Waals surface area contributed by atoms with Gasteiger partial charge in [0.1, 0.15) is 35.9 Å². The van der Waals surface area contributed by atoms with E-state index in [1.807, 2.05) is 46.9 Å².